The summed E-state index contributed by atoms with van der Waals surface area (Å²) in [6, 6.07) is 0. The van der Waals surface area contributed by atoms with Gasteiger partial charge in [0, 0.05) is 0 Å². The standard InChI is InChI=1S/C9H13BrN2O2/c1-4-14-8(13)7-6(5(2)3)11-9(10)12-7/h5H,4H2,1-3H3,(H,11,12). The van der Waals surface area contributed by atoms with Crippen molar-refractivity contribution >= 4 is 21.9 Å². The zero-order valence-electron chi connectivity index (χ0n) is 8.43. The van der Waals surface area contributed by atoms with Crippen molar-refractivity contribution in [3.8, 4) is 0 Å². The van der Waals surface area contributed by atoms with Crippen molar-refractivity contribution in [2.45, 2.75) is 26.7 Å². The minimum Gasteiger partial charge on any atom is -0.461 e. The second-order valence-corrected chi connectivity index (χ2v) is 3.92. The maximum atomic E-state index is 11.5. The fourth-order valence-electron chi connectivity index (χ4n) is 1.13. The first-order chi connectivity index (χ1) is 6.56. The van der Waals surface area contributed by atoms with Gasteiger partial charge >= 0.3 is 5.97 Å². The van der Waals surface area contributed by atoms with Crippen molar-refractivity contribution in [2.24, 2.45) is 0 Å². The summed E-state index contributed by atoms with van der Waals surface area (Å²) < 4.78 is 5.45. The molecule has 1 aromatic rings. The molecule has 0 aliphatic heterocycles. The summed E-state index contributed by atoms with van der Waals surface area (Å²) in [5.74, 6) is -0.161. The minimum atomic E-state index is -0.377. The first-order valence-electron chi connectivity index (χ1n) is 4.48. The van der Waals surface area contributed by atoms with Gasteiger partial charge in [-0.05, 0) is 28.8 Å². The third kappa shape index (κ3) is 2.35. The molecule has 0 aliphatic carbocycles. The molecule has 0 bridgehead atoms. The number of carbonyl (C=O) groups is 1. The van der Waals surface area contributed by atoms with E-state index in [0.29, 0.717) is 17.0 Å². The molecule has 0 aliphatic rings. The first-order valence-corrected chi connectivity index (χ1v) is 5.28. The Morgan fingerprint density at radius 2 is 2.29 bits per heavy atom. The molecule has 4 nitrogen and oxygen atoms in total. The lowest BCUT2D eigenvalue weighted by Gasteiger charge is -2.04. The third-order valence-electron chi connectivity index (χ3n) is 1.75. The molecule has 1 heterocycles. The maximum absolute atomic E-state index is 11.5. The summed E-state index contributed by atoms with van der Waals surface area (Å²) in [6.45, 7) is 6.11. The average Bonchev–Trinajstić information content (AvgIpc) is 2.48. The van der Waals surface area contributed by atoms with E-state index in [1.807, 2.05) is 13.8 Å². The molecule has 0 spiro atoms. The molecule has 14 heavy (non-hydrogen) atoms. The minimum absolute atomic E-state index is 0.216. The number of aromatic nitrogens is 2. The molecule has 1 N–H and O–H groups in total. The number of nitrogens with zero attached hydrogens (tertiary/aromatic N) is 1. The highest BCUT2D eigenvalue weighted by atomic mass is 79.9. The van der Waals surface area contributed by atoms with Gasteiger partial charge in [0.1, 0.15) is 0 Å². The Balaban J connectivity index is 3.00. The molecular formula is C9H13BrN2O2. The molecule has 0 saturated carbocycles. The number of aromatic amines is 1. The summed E-state index contributed by atoms with van der Waals surface area (Å²) in [6.07, 6.45) is 0. The molecule has 5 heteroatoms. The summed E-state index contributed by atoms with van der Waals surface area (Å²) in [5.41, 5.74) is 1.17. The monoisotopic (exact) mass is 260 g/mol. The third-order valence-corrected chi connectivity index (χ3v) is 2.12. The molecule has 78 valence electrons. The second kappa shape index (κ2) is 4.59. The highest BCUT2D eigenvalue weighted by molar-refractivity contribution is 9.10. The molecule has 0 radical (unpaired) electrons. The molecule has 0 amide bonds. The Hall–Kier alpha value is -0.840. The number of hydrogen-bond donors (Lipinski definition) is 1. The fraction of sp³-hybridized carbons (Fsp3) is 0.556. The van der Waals surface area contributed by atoms with Crippen LogP contribution in [0.25, 0.3) is 0 Å². The van der Waals surface area contributed by atoms with E-state index in [2.05, 4.69) is 25.9 Å². The summed E-state index contributed by atoms with van der Waals surface area (Å²) in [4.78, 5) is 18.5. The van der Waals surface area contributed by atoms with E-state index in [-0.39, 0.29) is 11.9 Å². The van der Waals surface area contributed by atoms with Crippen LogP contribution in [0.4, 0.5) is 0 Å². The SMILES string of the molecule is CCOC(=O)c1nc(Br)[nH]c1C(C)C. The maximum Gasteiger partial charge on any atom is 0.358 e. The number of hydrogen-bond acceptors (Lipinski definition) is 3. The summed E-state index contributed by atoms with van der Waals surface area (Å²) in [5, 5.41) is 0. The summed E-state index contributed by atoms with van der Waals surface area (Å²) in [7, 11) is 0. The van der Waals surface area contributed by atoms with Gasteiger partial charge in [-0.25, -0.2) is 9.78 Å². The van der Waals surface area contributed by atoms with Crippen molar-refractivity contribution < 1.29 is 9.53 Å². The van der Waals surface area contributed by atoms with Gasteiger partial charge in [0.2, 0.25) is 0 Å². The Morgan fingerprint density at radius 1 is 1.64 bits per heavy atom. The first kappa shape index (κ1) is 11.2. The number of ether oxygens (including phenoxy) is 1. The van der Waals surface area contributed by atoms with E-state index < -0.39 is 0 Å². The quantitative estimate of drug-likeness (QED) is 0.850. The predicted molar refractivity (Wildman–Crippen MR) is 56.3 cm³/mol. The van der Waals surface area contributed by atoms with Gasteiger partial charge in [0.05, 0.1) is 12.3 Å². The van der Waals surface area contributed by atoms with Gasteiger partial charge in [-0.1, -0.05) is 13.8 Å². The van der Waals surface area contributed by atoms with Crippen molar-refractivity contribution in [1.82, 2.24) is 9.97 Å². The Bertz CT molecular complexity index is 334. The lowest BCUT2D eigenvalue weighted by Crippen LogP contribution is -2.08. The van der Waals surface area contributed by atoms with Gasteiger partial charge < -0.3 is 9.72 Å². The van der Waals surface area contributed by atoms with Crippen LogP contribution in [-0.4, -0.2) is 22.5 Å². The lowest BCUT2D eigenvalue weighted by molar-refractivity contribution is 0.0518. The van der Waals surface area contributed by atoms with Crippen LogP contribution in [0, 0.1) is 0 Å². The van der Waals surface area contributed by atoms with Crippen LogP contribution in [0.3, 0.4) is 0 Å². The lowest BCUT2D eigenvalue weighted by atomic mass is 10.1. The number of esters is 1. The molecule has 1 aromatic heterocycles. The van der Waals surface area contributed by atoms with E-state index in [1.54, 1.807) is 6.92 Å². The van der Waals surface area contributed by atoms with E-state index in [0.717, 1.165) is 5.69 Å². The second-order valence-electron chi connectivity index (χ2n) is 3.17. The van der Waals surface area contributed by atoms with Crippen LogP contribution in [-0.2, 0) is 4.74 Å². The van der Waals surface area contributed by atoms with Crippen molar-refractivity contribution in [3.63, 3.8) is 0 Å². The highest BCUT2D eigenvalue weighted by Gasteiger charge is 2.19. The Kier molecular flexibility index (Phi) is 3.69. The number of rotatable bonds is 3. The Morgan fingerprint density at radius 3 is 2.79 bits per heavy atom. The average molecular weight is 261 g/mol. The number of halogens is 1. The van der Waals surface area contributed by atoms with E-state index >= 15 is 0 Å². The van der Waals surface area contributed by atoms with Crippen LogP contribution in [0.2, 0.25) is 0 Å². The van der Waals surface area contributed by atoms with Crippen LogP contribution >= 0.6 is 15.9 Å². The number of H-pyrrole nitrogens is 1. The van der Waals surface area contributed by atoms with Crippen LogP contribution in [0.5, 0.6) is 0 Å². The zero-order valence-corrected chi connectivity index (χ0v) is 10.0. The molecule has 0 aromatic carbocycles. The number of nitrogens with one attached hydrogen (secondary N) is 1. The van der Waals surface area contributed by atoms with Gasteiger partial charge in [0.25, 0.3) is 0 Å². The zero-order chi connectivity index (χ0) is 10.7. The van der Waals surface area contributed by atoms with Gasteiger partial charge in [-0.2, -0.15) is 0 Å². The molecule has 0 fully saturated rings. The van der Waals surface area contributed by atoms with Crippen molar-refractivity contribution in [2.75, 3.05) is 6.61 Å². The highest BCUT2D eigenvalue weighted by Crippen LogP contribution is 2.20. The molecule has 0 unspecified atom stereocenters. The normalized spacial score (nSPS) is 10.6. The summed E-state index contributed by atoms with van der Waals surface area (Å²) >= 11 is 3.20. The van der Waals surface area contributed by atoms with Crippen molar-refractivity contribution in [3.05, 3.63) is 16.1 Å². The predicted octanol–water partition coefficient (Wildman–Crippen LogP) is 2.47. The molecule has 1 rings (SSSR count). The van der Waals surface area contributed by atoms with Crippen LogP contribution in [0.1, 0.15) is 42.9 Å². The topological polar surface area (TPSA) is 55.0 Å². The van der Waals surface area contributed by atoms with E-state index in [4.69, 9.17) is 4.74 Å². The fourth-order valence-corrected chi connectivity index (χ4v) is 1.52. The van der Waals surface area contributed by atoms with Gasteiger partial charge in [0.15, 0.2) is 10.4 Å². The number of carbonyl (C=O) groups excluding carboxylic acids is 1. The molecule has 0 atom stereocenters. The van der Waals surface area contributed by atoms with E-state index in [9.17, 15) is 4.79 Å². The van der Waals surface area contributed by atoms with Crippen molar-refractivity contribution in [1.29, 1.82) is 0 Å². The van der Waals surface area contributed by atoms with Gasteiger partial charge in [-0.15, -0.1) is 0 Å². The number of imidazole rings is 1. The largest absolute Gasteiger partial charge is 0.461 e. The molecular weight excluding hydrogens is 248 g/mol. The Labute approximate surface area is 91.2 Å². The smallest absolute Gasteiger partial charge is 0.358 e. The van der Waals surface area contributed by atoms with E-state index in [1.165, 1.54) is 0 Å². The van der Waals surface area contributed by atoms with Crippen LogP contribution < -0.4 is 0 Å². The molecule has 0 saturated heterocycles. The van der Waals surface area contributed by atoms with Gasteiger partial charge in [-0.3, -0.25) is 0 Å². The van der Waals surface area contributed by atoms with Crippen LogP contribution in [0.15, 0.2) is 4.73 Å².